The first-order valence-corrected chi connectivity index (χ1v) is 8.73. The molecule has 0 aromatic carbocycles. The maximum Gasteiger partial charge on any atom is 0.434 e. The van der Waals surface area contributed by atoms with E-state index in [4.69, 9.17) is 0 Å². The summed E-state index contributed by atoms with van der Waals surface area (Å²) in [6, 6.07) is 0. The second-order valence-electron chi connectivity index (χ2n) is 6.54. The van der Waals surface area contributed by atoms with Gasteiger partial charge in [0.15, 0.2) is 5.69 Å². The maximum absolute atomic E-state index is 13.5. The van der Waals surface area contributed by atoms with Crippen molar-refractivity contribution in [3.8, 4) is 11.1 Å². The van der Waals surface area contributed by atoms with Crippen LogP contribution < -0.4 is 5.56 Å². The molecule has 0 spiro atoms. The smallest absolute Gasteiger partial charge is 0.272 e. The predicted molar refractivity (Wildman–Crippen MR) is 85.8 cm³/mol. The van der Waals surface area contributed by atoms with Crippen molar-refractivity contribution >= 4 is 16.3 Å². The number of hydrogen-bond acceptors (Lipinski definition) is 5. The summed E-state index contributed by atoms with van der Waals surface area (Å²) in [6.07, 6.45) is -3.07. The quantitative estimate of drug-likeness (QED) is 0.627. The van der Waals surface area contributed by atoms with Crippen molar-refractivity contribution in [2.45, 2.75) is 38.4 Å². The fraction of sp³-hybridized carbons (Fsp3) is 0.467. The Kier molecular flexibility index (Phi) is 3.88. The molecular formula is C15H12F5N5OS. The minimum absolute atomic E-state index is 0.0778. The van der Waals surface area contributed by atoms with E-state index in [1.54, 1.807) is 6.92 Å². The molecular weight excluding hydrogens is 393 g/mol. The van der Waals surface area contributed by atoms with Crippen molar-refractivity contribution < 1.29 is 22.0 Å². The Balaban J connectivity index is 1.77. The largest absolute Gasteiger partial charge is 0.434 e. The Hall–Kier alpha value is -2.37. The maximum atomic E-state index is 13.5. The van der Waals surface area contributed by atoms with Gasteiger partial charge in [-0.05, 0) is 12.8 Å². The number of nitrogens with zero attached hydrogens (tertiary/aromatic N) is 5. The van der Waals surface area contributed by atoms with E-state index in [1.165, 1.54) is 10.9 Å². The summed E-state index contributed by atoms with van der Waals surface area (Å²) in [5.41, 5.74) is -3.00. The van der Waals surface area contributed by atoms with Crippen molar-refractivity contribution in [3.63, 3.8) is 0 Å². The van der Waals surface area contributed by atoms with E-state index in [-0.39, 0.29) is 35.8 Å². The molecule has 144 valence electrons. The molecule has 0 radical (unpaired) electrons. The van der Waals surface area contributed by atoms with Crippen LogP contribution in [0.25, 0.3) is 16.1 Å². The number of fused-ring (bicyclic) bond motifs is 1. The first-order chi connectivity index (χ1) is 12.5. The van der Waals surface area contributed by atoms with Crippen LogP contribution in [0.15, 0.2) is 17.2 Å². The number of hydrogen-bond donors (Lipinski definition) is 0. The zero-order valence-electron chi connectivity index (χ0n) is 13.8. The molecule has 6 nitrogen and oxygen atoms in total. The van der Waals surface area contributed by atoms with Gasteiger partial charge in [-0.2, -0.15) is 27.9 Å². The topological polar surface area (TPSA) is 65.1 Å². The Morgan fingerprint density at radius 3 is 2.67 bits per heavy atom. The zero-order valence-corrected chi connectivity index (χ0v) is 14.6. The van der Waals surface area contributed by atoms with Gasteiger partial charge in [0.05, 0.1) is 11.8 Å². The second kappa shape index (κ2) is 5.81. The molecule has 0 atom stereocenters. The van der Waals surface area contributed by atoms with Gasteiger partial charge in [-0.15, -0.1) is 0 Å². The Morgan fingerprint density at radius 2 is 2.04 bits per heavy atom. The van der Waals surface area contributed by atoms with E-state index in [1.807, 2.05) is 0 Å². The van der Waals surface area contributed by atoms with Crippen LogP contribution in [0.3, 0.4) is 0 Å². The van der Waals surface area contributed by atoms with E-state index >= 15 is 0 Å². The highest BCUT2D eigenvalue weighted by Crippen LogP contribution is 2.43. The molecule has 3 aromatic rings. The molecule has 3 heterocycles. The van der Waals surface area contributed by atoms with Gasteiger partial charge in [-0.3, -0.25) is 9.48 Å². The van der Waals surface area contributed by atoms with Crippen molar-refractivity contribution in [1.29, 1.82) is 0 Å². The van der Waals surface area contributed by atoms with Crippen LogP contribution in [-0.2, 0) is 12.7 Å². The number of aromatic nitrogens is 5. The molecule has 0 bridgehead atoms. The van der Waals surface area contributed by atoms with E-state index in [2.05, 4.69) is 15.2 Å². The third-order valence-corrected chi connectivity index (χ3v) is 5.15. The Morgan fingerprint density at radius 1 is 1.33 bits per heavy atom. The van der Waals surface area contributed by atoms with E-state index in [9.17, 15) is 26.7 Å². The molecule has 0 N–H and O–H groups in total. The van der Waals surface area contributed by atoms with Gasteiger partial charge in [0.25, 0.3) is 5.56 Å². The van der Waals surface area contributed by atoms with Crippen molar-refractivity contribution in [2.24, 2.45) is 5.92 Å². The number of halogens is 5. The molecule has 4 rings (SSSR count). The summed E-state index contributed by atoms with van der Waals surface area (Å²) in [7, 11) is 0. The summed E-state index contributed by atoms with van der Waals surface area (Å²) in [5, 5.41) is 8.22. The van der Waals surface area contributed by atoms with Crippen molar-refractivity contribution in [1.82, 2.24) is 24.4 Å². The molecule has 1 fully saturated rings. The van der Waals surface area contributed by atoms with Crippen LogP contribution >= 0.6 is 11.3 Å². The lowest BCUT2D eigenvalue weighted by Gasteiger charge is -2.34. The summed E-state index contributed by atoms with van der Waals surface area (Å²) in [4.78, 5) is 16.0. The number of rotatable bonds is 3. The van der Waals surface area contributed by atoms with Gasteiger partial charge in [0.1, 0.15) is 5.01 Å². The molecule has 1 aliphatic carbocycles. The third-order valence-electron chi connectivity index (χ3n) is 4.32. The summed E-state index contributed by atoms with van der Waals surface area (Å²) in [6.45, 7) is 1.70. The minimum Gasteiger partial charge on any atom is -0.272 e. The van der Waals surface area contributed by atoms with Gasteiger partial charge < -0.3 is 0 Å². The van der Waals surface area contributed by atoms with Crippen LogP contribution in [0.5, 0.6) is 0 Å². The molecule has 0 amide bonds. The van der Waals surface area contributed by atoms with Crippen LogP contribution in [-0.4, -0.2) is 30.3 Å². The third kappa shape index (κ3) is 3.22. The normalized spacial score (nSPS) is 17.4. The van der Waals surface area contributed by atoms with Crippen molar-refractivity contribution in [2.75, 3.05) is 0 Å². The van der Waals surface area contributed by atoms with Gasteiger partial charge in [-0.1, -0.05) is 11.3 Å². The van der Waals surface area contributed by atoms with Crippen molar-refractivity contribution in [3.05, 3.63) is 33.4 Å². The minimum atomic E-state index is -4.85. The lowest BCUT2D eigenvalue weighted by atomic mass is 9.81. The molecule has 0 aliphatic heterocycles. The van der Waals surface area contributed by atoms with E-state index < -0.39 is 28.9 Å². The lowest BCUT2D eigenvalue weighted by molar-refractivity contribution is -0.140. The summed E-state index contributed by atoms with van der Waals surface area (Å²) < 4.78 is 68.4. The molecule has 0 unspecified atom stereocenters. The van der Waals surface area contributed by atoms with Gasteiger partial charge in [0.2, 0.25) is 10.9 Å². The lowest BCUT2D eigenvalue weighted by Crippen LogP contribution is -2.37. The first-order valence-electron chi connectivity index (χ1n) is 7.92. The fourth-order valence-corrected chi connectivity index (χ4v) is 3.91. The monoisotopic (exact) mass is 405 g/mol. The predicted octanol–water partition coefficient (Wildman–Crippen LogP) is 3.39. The second-order valence-corrected chi connectivity index (χ2v) is 7.70. The number of aryl methyl sites for hydroxylation is 1. The highest BCUT2D eigenvalue weighted by molar-refractivity contribution is 7.16. The van der Waals surface area contributed by atoms with Gasteiger partial charge in [0, 0.05) is 31.1 Å². The molecule has 0 saturated heterocycles. The highest BCUT2D eigenvalue weighted by Gasteiger charge is 2.45. The average molecular weight is 405 g/mol. The van der Waals surface area contributed by atoms with Crippen LogP contribution in [0.4, 0.5) is 22.0 Å². The Labute approximate surface area is 152 Å². The van der Waals surface area contributed by atoms with E-state index in [0.717, 1.165) is 22.0 Å². The standard InChI is InChI=1S/C15H12F5N5OS/c1-7-23-25-12(26)10(11(15(18,19)20)22-13(25)27-7)9-4-21-24(6-9)5-8-2-14(16,17)3-8/h4,6,8H,2-3,5H2,1H3. The SMILES string of the molecule is Cc1nn2c(=O)c(-c3cnn(CC4CC(F)(F)C4)c3)c(C(F)(F)F)nc2s1. The molecule has 1 saturated carbocycles. The van der Waals surface area contributed by atoms with Crippen LogP contribution in [0, 0.1) is 12.8 Å². The van der Waals surface area contributed by atoms with Crippen LogP contribution in [0.2, 0.25) is 0 Å². The Bertz CT molecular complexity index is 1070. The van der Waals surface area contributed by atoms with Crippen LogP contribution in [0.1, 0.15) is 23.5 Å². The average Bonchev–Trinajstić information content (AvgIpc) is 3.10. The van der Waals surface area contributed by atoms with Gasteiger partial charge >= 0.3 is 6.18 Å². The van der Waals surface area contributed by atoms with Gasteiger partial charge in [-0.25, -0.2) is 13.8 Å². The molecule has 1 aliphatic rings. The van der Waals surface area contributed by atoms with E-state index in [0.29, 0.717) is 5.01 Å². The fourth-order valence-electron chi connectivity index (χ4n) is 3.18. The number of alkyl halides is 5. The highest BCUT2D eigenvalue weighted by atomic mass is 32.1. The molecule has 12 heteroatoms. The first kappa shape index (κ1) is 18.0. The summed E-state index contributed by atoms with van der Waals surface area (Å²) in [5.74, 6) is -3.00. The summed E-state index contributed by atoms with van der Waals surface area (Å²) >= 11 is 0.873. The zero-order chi connectivity index (χ0) is 19.6. The molecule has 3 aromatic heterocycles. The molecule has 27 heavy (non-hydrogen) atoms.